The van der Waals surface area contributed by atoms with Gasteiger partial charge in [0.05, 0.1) is 54.1 Å². The maximum absolute atomic E-state index is 12.5. The highest BCUT2D eigenvalue weighted by atomic mass is 16.5. The summed E-state index contributed by atoms with van der Waals surface area (Å²) in [5.74, 6) is 1.69. The van der Waals surface area contributed by atoms with Crippen LogP contribution in [-0.2, 0) is 35.3 Å². The van der Waals surface area contributed by atoms with E-state index >= 15 is 0 Å². The molecule has 0 saturated carbocycles. The van der Waals surface area contributed by atoms with Crippen LogP contribution in [0, 0.1) is 0 Å². The van der Waals surface area contributed by atoms with E-state index in [4.69, 9.17) is 29.4 Å². The number of fused-ring (bicyclic) bond motifs is 2. The number of carboxylic acids is 2. The third-order valence-corrected chi connectivity index (χ3v) is 11.5. The molecule has 4 aliphatic rings. The van der Waals surface area contributed by atoms with Crippen LogP contribution in [-0.4, -0.2) is 92.7 Å². The van der Waals surface area contributed by atoms with E-state index in [1.54, 1.807) is 21.3 Å². The van der Waals surface area contributed by atoms with E-state index in [9.17, 15) is 19.8 Å². The van der Waals surface area contributed by atoms with Gasteiger partial charge in [0, 0.05) is 31.2 Å². The number of hydrogen-bond donors (Lipinski definition) is 3. The zero-order valence-corrected chi connectivity index (χ0v) is 30.8. The van der Waals surface area contributed by atoms with Gasteiger partial charge in [-0.2, -0.15) is 0 Å². The molecule has 0 aliphatic carbocycles. The molecule has 0 spiro atoms. The van der Waals surface area contributed by atoms with Crippen LogP contribution < -0.4 is 29.4 Å². The SMILES string of the molecule is COc1ccc2cc1Oc1ccc(cc1)CC1c3cc(c(OC)cc3CC[N+]1(C)CC(=O)O)Oc1c(N)c(OC)cc3c1C(C2)[N+](C)(CC(=O)O)CC3. The van der Waals surface area contributed by atoms with Crippen molar-refractivity contribution in [3.05, 3.63) is 94.0 Å². The first-order valence-corrected chi connectivity index (χ1v) is 17.8. The van der Waals surface area contributed by atoms with E-state index in [0.717, 1.165) is 33.4 Å². The van der Waals surface area contributed by atoms with E-state index in [1.165, 1.54) is 0 Å². The Hall–Kier alpha value is -5.46. The molecule has 0 fully saturated rings. The number of anilines is 1. The fourth-order valence-electron chi connectivity index (χ4n) is 8.62. The average molecular weight is 726 g/mol. The number of carbonyl (C=O) groups is 2. The van der Waals surface area contributed by atoms with Crippen molar-refractivity contribution in [3.8, 4) is 40.2 Å². The van der Waals surface area contributed by atoms with Gasteiger partial charge in [-0.05, 0) is 64.7 Å². The summed E-state index contributed by atoms with van der Waals surface area (Å²) in [6, 6.07) is 18.9. The second kappa shape index (κ2) is 13.8. The molecule has 4 aliphatic heterocycles. The summed E-state index contributed by atoms with van der Waals surface area (Å²) in [6.45, 7) is 1.02. The number of nitrogens with zero attached hydrogens (tertiary/aromatic N) is 2. The minimum atomic E-state index is -0.911. The lowest BCUT2D eigenvalue weighted by Gasteiger charge is -2.45. The average Bonchev–Trinajstić information content (AvgIpc) is 3.11. The number of nitrogens with two attached hydrogens (primary N) is 1. The Labute approximate surface area is 309 Å². The van der Waals surface area contributed by atoms with Crippen molar-refractivity contribution in [2.45, 2.75) is 37.8 Å². The second-order valence-electron chi connectivity index (χ2n) is 14.9. The molecule has 0 aromatic heterocycles. The van der Waals surface area contributed by atoms with Crippen LogP contribution in [0.25, 0.3) is 0 Å². The Balaban J connectivity index is 1.50. The number of hydrogen-bond acceptors (Lipinski definition) is 8. The molecule has 12 nitrogen and oxygen atoms in total. The second-order valence-corrected chi connectivity index (χ2v) is 14.9. The maximum atomic E-state index is 12.5. The predicted molar refractivity (Wildman–Crippen MR) is 197 cm³/mol. The zero-order chi connectivity index (χ0) is 37.7. The van der Waals surface area contributed by atoms with Crippen LogP contribution in [0.5, 0.6) is 40.2 Å². The van der Waals surface area contributed by atoms with Crippen LogP contribution in [0.4, 0.5) is 5.69 Å². The highest BCUT2D eigenvalue weighted by molar-refractivity contribution is 5.72. The van der Waals surface area contributed by atoms with Crippen molar-refractivity contribution in [1.82, 2.24) is 0 Å². The molecule has 6 bridgehead atoms. The lowest BCUT2D eigenvalue weighted by atomic mass is 9.85. The van der Waals surface area contributed by atoms with Crippen LogP contribution >= 0.6 is 0 Å². The number of carboxylic acid groups (broad SMARTS) is 2. The first-order valence-electron chi connectivity index (χ1n) is 17.8. The Morgan fingerprint density at radius 3 is 1.92 bits per heavy atom. The third-order valence-electron chi connectivity index (χ3n) is 11.5. The van der Waals surface area contributed by atoms with Gasteiger partial charge in [-0.1, -0.05) is 18.2 Å². The number of nitrogen functional groups attached to an aromatic ring is 1. The Morgan fingerprint density at radius 2 is 1.28 bits per heavy atom. The molecule has 8 rings (SSSR count). The molecule has 4 N–H and O–H groups in total. The summed E-state index contributed by atoms with van der Waals surface area (Å²) in [7, 11) is 8.71. The normalized spacial score (nSPS) is 23.0. The van der Waals surface area contributed by atoms with E-state index in [1.807, 2.05) is 74.8 Å². The van der Waals surface area contributed by atoms with Crippen molar-refractivity contribution in [2.24, 2.45) is 0 Å². The van der Waals surface area contributed by atoms with E-state index in [2.05, 4.69) is 0 Å². The number of likely N-dealkylation sites (N-methyl/N-ethyl adjacent to an activating group) is 2. The van der Waals surface area contributed by atoms with Gasteiger partial charge in [-0.15, -0.1) is 0 Å². The van der Waals surface area contributed by atoms with Crippen LogP contribution in [0.2, 0.25) is 0 Å². The van der Waals surface area contributed by atoms with Gasteiger partial charge in [-0.3, -0.25) is 0 Å². The lowest BCUT2D eigenvalue weighted by Crippen LogP contribution is -2.54. The van der Waals surface area contributed by atoms with E-state index < -0.39 is 18.0 Å². The van der Waals surface area contributed by atoms with Gasteiger partial charge in [0.2, 0.25) is 0 Å². The van der Waals surface area contributed by atoms with Gasteiger partial charge in [0.1, 0.15) is 29.3 Å². The van der Waals surface area contributed by atoms with Crippen LogP contribution in [0.1, 0.15) is 45.5 Å². The zero-order valence-electron chi connectivity index (χ0n) is 30.8. The monoisotopic (exact) mass is 725 g/mol. The van der Waals surface area contributed by atoms with Gasteiger partial charge in [0.15, 0.2) is 41.8 Å². The Morgan fingerprint density at radius 1 is 0.717 bits per heavy atom. The van der Waals surface area contributed by atoms with Crippen molar-refractivity contribution in [3.63, 3.8) is 0 Å². The Bertz CT molecular complexity index is 2080. The fraction of sp³-hybridized carbons (Fsp3) is 0.366. The highest BCUT2D eigenvalue weighted by Crippen LogP contribution is 2.52. The molecular weight excluding hydrogens is 678 g/mol. The molecular formula is C41H47N3O9+2. The summed E-state index contributed by atoms with van der Waals surface area (Å²) in [5, 5.41) is 20.3. The van der Waals surface area contributed by atoms with Crippen molar-refractivity contribution in [1.29, 1.82) is 0 Å². The molecule has 53 heavy (non-hydrogen) atoms. The number of aliphatic carboxylic acids is 2. The van der Waals surface area contributed by atoms with Gasteiger partial charge in [-0.25, -0.2) is 9.59 Å². The Kier molecular flexibility index (Phi) is 9.37. The molecule has 4 heterocycles. The highest BCUT2D eigenvalue weighted by Gasteiger charge is 2.45. The third kappa shape index (κ3) is 6.68. The number of ether oxygens (including phenoxy) is 5. The summed E-state index contributed by atoms with van der Waals surface area (Å²) in [6.07, 6.45) is 2.23. The smallest absolute Gasteiger partial charge is 0.359 e. The number of quaternary nitrogens is 2. The van der Waals surface area contributed by atoms with Gasteiger partial charge < -0.3 is 48.6 Å². The van der Waals surface area contributed by atoms with Crippen molar-refractivity contribution < 1.29 is 52.5 Å². The maximum Gasteiger partial charge on any atom is 0.359 e. The lowest BCUT2D eigenvalue weighted by molar-refractivity contribution is -0.934. The number of rotatable bonds is 7. The number of methoxy groups -OCH3 is 3. The van der Waals surface area contributed by atoms with E-state index in [0.29, 0.717) is 83.5 Å². The van der Waals surface area contributed by atoms with Gasteiger partial charge in [0.25, 0.3) is 0 Å². The van der Waals surface area contributed by atoms with Gasteiger partial charge >= 0.3 is 11.9 Å². The molecule has 4 unspecified atom stereocenters. The van der Waals surface area contributed by atoms with Crippen LogP contribution in [0.3, 0.4) is 0 Å². The molecule has 278 valence electrons. The van der Waals surface area contributed by atoms with E-state index in [-0.39, 0.29) is 29.3 Å². The van der Waals surface area contributed by atoms with Crippen molar-refractivity contribution in [2.75, 3.05) is 67.3 Å². The minimum Gasteiger partial charge on any atom is -0.494 e. The molecule has 0 saturated heterocycles. The summed E-state index contributed by atoms with van der Waals surface area (Å²) in [5.41, 5.74) is 12.9. The molecule has 12 heteroatoms. The largest absolute Gasteiger partial charge is 0.494 e. The first-order chi connectivity index (χ1) is 25.3. The quantitative estimate of drug-likeness (QED) is 0.155. The van der Waals surface area contributed by atoms with Crippen LogP contribution in [0.15, 0.2) is 60.7 Å². The first kappa shape index (κ1) is 35.9. The standard InChI is InChI=1S/C41H45N3O9/c1-43(22-37(45)46)14-12-26-19-33(50-4)35-21-29(26)30(43)16-24-6-9-28(10-7-24)52-34-18-25(8-11-32(34)49-3)17-31-39-27(13-15-44(31,2)23-38(47)48)20-36(51-5)40(42)41(39)53-35/h6-11,18-21,30-31H,12-17,22-23,42H2,1-5H3/p+2. The predicted octanol–water partition coefficient (Wildman–Crippen LogP) is 5.93. The van der Waals surface area contributed by atoms with Crippen molar-refractivity contribution >= 4 is 17.6 Å². The minimum absolute atomic E-state index is 0.0538. The molecule has 0 amide bonds. The molecule has 0 radical (unpaired) electrons. The summed E-state index contributed by atoms with van der Waals surface area (Å²) >= 11 is 0. The molecule has 4 aromatic rings. The fourth-order valence-corrected chi connectivity index (χ4v) is 8.62. The summed E-state index contributed by atoms with van der Waals surface area (Å²) < 4.78 is 31.3. The summed E-state index contributed by atoms with van der Waals surface area (Å²) in [4.78, 5) is 24.8. The number of benzene rings is 4. The topological polar surface area (TPSA) is 147 Å². The molecule has 4 atom stereocenters. The molecule has 4 aromatic carbocycles.